The summed E-state index contributed by atoms with van der Waals surface area (Å²) in [5.41, 5.74) is 4.94. The Kier molecular flexibility index (Phi) is 6.68. The summed E-state index contributed by atoms with van der Waals surface area (Å²) < 4.78 is 12.6. The predicted octanol–water partition coefficient (Wildman–Crippen LogP) is 6.78. The molecule has 0 spiro atoms. The summed E-state index contributed by atoms with van der Waals surface area (Å²) in [4.78, 5) is 7.75. The quantitative estimate of drug-likeness (QED) is 0.210. The van der Waals surface area contributed by atoms with Crippen molar-refractivity contribution in [1.29, 1.82) is 5.26 Å². The fourth-order valence-corrected chi connectivity index (χ4v) is 3.90. The van der Waals surface area contributed by atoms with Gasteiger partial charge >= 0.3 is 0 Å². The van der Waals surface area contributed by atoms with Gasteiger partial charge in [-0.3, -0.25) is 0 Å². The zero-order valence-electron chi connectivity index (χ0n) is 17.4. The van der Waals surface area contributed by atoms with Crippen LogP contribution in [0.2, 0.25) is 5.02 Å². The SMILES string of the molecule is COc1cc(/C=C(/C#N)c2nc3ccc(C)cc3[nH]2)cc(Cl)c1OCc1ccc(I)cc1. The van der Waals surface area contributed by atoms with Crippen molar-refractivity contribution in [3.8, 4) is 17.6 Å². The Balaban J connectivity index is 1.63. The van der Waals surface area contributed by atoms with Gasteiger partial charge in [-0.2, -0.15) is 5.26 Å². The van der Waals surface area contributed by atoms with E-state index in [-0.39, 0.29) is 0 Å². The lowest BCUT2D eigenvalue weighted by molar-refractivity contribution is 0.284. The Bertz CT molecular complexity index is 1350. The Hall–Kier alpha value is -3.02. The summed E-state index contributed by atoms with van der Waals surface area (Å²) in [5, 5.41) is 10.1. The van der Waals surface area contributed by atoms with Crippen molar-refractivity contribution in [1.82, 2.24) is 9.97 Å². The van der Waals surface area contributed by atoms with Crippen LogP contribution in [0.4, 0.5) is 0 Å². The van der Waals surface area contributed by atoms with E-state index in [4.69, 9.17) is 21.1 Å². The second-order valence-corrected chi connectivity index (χ2v) is 8.88. The lowest BCUT2D eigenvalue weighted by Gasteiger charge is -2.13. The molecule has 1 N–H and O–H groups in total. The molecule has 0 bridgehead atoms. The summed E-state index contributed by atoms with van der Waals surface area (Å²) in [6.07, 6.45) is 1.72. The van der Waals surface area contributed by atoms with Gasteiger partial charge in [-0.25, -0.2) is 4.98 Å². The summed E-state index contributed by atoms with van der Waals surface area (Å²) in [7, 11) is 1.56. The minimum absolute atomic E-state index is 0.365. The van der Waals surface area contributed by atoms with E-state index in [0.29, 0.717) is 40.1 Å². The molecule has 0 aliphatic carbocycles. The molecule has 0 aliphatic rings. The fourth-order valence-electron chi connectivity index (χ4n) is 3.27. The number of fused-ring (bicyclic) bond motifs is 1. The van der Waals surface area contributed by atoms with E-state index < -0.39 is 0 Å². The number of nitrogens with zero attached hydrogens (tertiary/aromatic N) is 2. The minimum atomic E-state index is 0.365. The molecule has 0 aliphatic heterocycles. The zero-order valence-corrected chi connectivity index (χ0v) is 20.4. The fraction of sp³-hybridized carbons (Fsp3) is 0.120. The maximum atomic E-state index is 9.73. The van der Waals surface area contributed by atoms with Crippen LogP contribution in [0.3, 0.4) is 0 Å². The highest BCUT2D eigenvalue weighted by atomic mass is 127. The summed E-state index contributed by atoms with van der Waals surface area (Å²) in [5.74, 6) is 1.46. The van der Waals surface area contributed by atoms with Crippen LogP contribution in [0.25, 0.3) is 22.7 Å². The van der Waals surface area contributed by atoms with Crippen molar-refractivity contribution < 1.29 is 9.47 Å². The first-order chi connectivity index (χ1) is 15.5. The van der Waals surface area contributed by atoms with Crippen molar-refractivity contribution in [2.75, 3.05) is 7.11 Å². The number of rotatable bonds is 6. The number of benzene rings is 3. The molecule has 3 aromatic carbocycles. The number of aromatic amines is 1. The standard InChI is InChI=1S/C25H19ClIN3O2/c1-15-3-8-21-22(9-15)30-25(29-21)18(13-28)10-17-11-20(26)24(23(12-17)31-2)32-14-16-4-6-19(27)7-5-16/h3-12H,14H2,1-2H3,(H,29,30)/b18-10-. The number of aromatic nitrogens is 2. The largest absolute Gasteiger partial charge is 0.493 e. The average Bonchev–Trinajstić information content (AvgIpc) is 3.20. The Morgan fingerprint density at radius 2 is 1.97 bits per heavy atom. The lowest BCUT2D eigenvalue weighted by atomic mass is 10.1. The van der Waals surface area contributed by atoms with E-state index in [0.717, 1.165) is 25.7 Å². The van der Waals surface area contributed by atoms with Gasteiger partial charge in [0, 0.05) is 3.57 Å². The Labute approximate surface area is 204 Å². The summed E-state index contributed by atoms with van der Waals surface area (Å²) in [6, 6.07) is 19.7. The van der Waals surface area contributed by atoms with Crippen LogP contribution in [0.1, 0.15) is 22.5 Å². The first-order valence-corrected chi connectivity index (χ1v) is 11.3. The normalized spacial score (nSPS) is 11.4. The van der Waals surface area contributed by atoms with Gasteiger partial charge in [-0.15, -0.1) is 0 Å². The topological polar surface area (TPSA) is 70.9 Å². The van der Waals surface area contributed by atoms with Crippen LogP contribution >= 0.6 is 34.2 Å². The highest BCUT2D eigenvalue weighted by Gasteiger charge is 2.14. The monoisotopic (exact) mass is 555 g/mol. The number of nitriles is 1. The third kappa shape index (κ3) is 4.90. The van der Waals surface area contributed by atoms with Gasteiger partial charge in [0.1, 0.15) is 18.5 Å². The second-order valence-electron chi connectivity index (χ2n) is 7.23. The van der Waals surface area contributed by atoms with E-state index in [2.05, 4.69) is 38.6 Å². The van der Waals surface area contributed by atoms with Gasteiger partial charge in [0.15, 0.2) is 11.5 Å². The number of imidazole rings is 1. The smallest absolute Gasteiger partial charge is 0.180 e. The third-order valence-corrected chi connectivity index (χ3v) is 5.87. The van der Waals surface area contributed by atoms with Gasteiger partial charge in [0.25, 0.3) is 0 Å². The Morgan fingerprint density at radius 1 is 1.19 bits per heavy atom. The first-order valence-electron chi connectivity index (χ1n) is 9.80. The van der Waals surface area contributed by atoms with E-state index >= 15 is 0 Å². The molecule has 0 atom stereocenters. The van der Waals surface area contributed by atoms with Gasteiger partial charge in [0.05, 0.1) is 28.7 Å². The third-order valence-electron chi connectivity index (χ3n) is 4.87. The molecule has 0 saturated heterocycles. The average molecular weight is 556 g/mol. The molecular weight excluding hydrogens is 537 g/mol. The summed E-state index contributed by atoms with van der Waals surface area (Å²) >= 11 is 8.78. The minimum Gasteiger partial charge on any atom is -0.493 e. The van der Waals surface area contributed by atoms with Crippen LogP contribution in [-0.4, -0.2) is 17.1 Å². The molecule has 0 amide bonds. The molecule has 5 nitrogen and oxygen atoms in total. The van der Waals surface area contributed by atoms with Crippen molar-refractivity contribution in [2.24, 2.45) is 0 Å². The van der Waals surface area contributed by atoms with Gasteiger partial charge in [0.2, 0.25) is 0 Å². The van der Waals surface area contributed by atoms with Crippen LogP contribution in [0.5, 0.6) is 11.5 Å². The summed E-state index contributed by atoms with van der Waals surface area (Å²) in [6.45, 7) is 2.38. The lowest BCUT2D eigenvalue weighted by Crippen LogP contribution is -1.99. The molecule has 1 heterocycles. The molecular formula is C25H19ClIN3O2. The molecule has 0 saturated carbocycles. The molecule has 160 valence electrons. The number of aryl methyl sites for hydroxylation is 1. The zero-order chi connectivity index (χ0) is 22.7. The Morgan fingerprint density at radius 3 is 2.69 bits per heavy atom. The van der Waals surface area contributed by atoms with Crippen LogP contribution in [0, 0.1) is 21.8 Å². The van der Waals surface area contributed by atoms with Gasteiger partial charge in [-0.05, 0) is 88.7 Å². The number of ether oxygens (including phenoxy) is 2. The predicted molar refractivity (Wildman–Crippen MR) is 136 cm³/mol. The molecule has 7 heteroatoms. The highest BCUT2D eigenvalue weighted by Crippen LogP contribution is 2.38. The molecule has 4 rings (SSSR count). The van der Waals surface area contributed by atoms with Crippen molar-refractivity contribution in [3.05, 3.63) is 85.7 Å². The van der Waals surface area contributed by atoms with E-state index in [1.165, 1.54) is 0 Å². The van der Waals surface area contributed by atoms with E-state index in [1.807, 2.05) is 49.4 Å². The maximum Gasteiger partial charge on any atom is 0.180 e. The number of allylic oxidation sites excluding steroid dienone is 1. The van der Waals surface area contributed by atoms with E-state index in [9.17, 15) is 5.26 Å². The second kappa shape index (κ2) is 9.63. The van der Waals surface area contributed by atoms with Gasteiger partial charge in [-0.1, -0.05) is 29.8 Å². The molecule has 0 radical (unpaired) electrons. The molecule has 4 aromatic rings. The molecule has 0 fully saturated rings. The van der Waals surface area contributed by atoms with Crippen molar-refractivity contribution in [3.63, 3.8) is 0 Å². The molecule has 1 aromatic heterocycles. The highest BCUT2D eigenvalue weighted by molar-refractivity contribution is 14.1. The van der Waals surface area contributed by atoms with E-state index in [1.54, 1.807) is 25.3 Å². The van der Waals surface area contributed by atoms with Gasteiger partial charge < -0.3 is 14.5 Å². The van der Waals surface area contributed by atoms with Crippen molar-refractivity contribution in [2.45, 2.75) is 13.5 Å². The number of halogens is 2. The number of hydrogen-bond acceptors (Lipinski definition) is 4. The van der Waals surface area contributed by atoms with Crippen LogP contribution in [-0.2, 0) is 6.61 Å². The maximum absolute atomic E-state index is 9.73. The van der Waals surface area contributed by atoms with Crippen LogP contribution < -0.4 is 9.47 Å². The molecule has 0 unspecified atom stereocenters. The number of H-pyrrole nitrogens is 1. The first kappa shape index (κ1) is 22.2. The molecule has 32 heavy (non-hydrogen) atoms. The van der Waals surface area contributed by atoms with Crippen LogP contribution in [0.15, 0.2) is 54.6 Å². The number of nitrogens with one attached hydrogen (secondary N) is 1. The number of methoxy groups -OCH3 is 1. The number of hydrogen-bond donors (Lipinski definition) is 1. The van der Waals surface area contributed by atoms with Crippen molar-refractivity contribution >= 4 is 56.9 Å².